The molecule has 1 fully saturated rings. The quantitative estimate of drug-likeness (QED) is 0.724. The molecule has 2 atom stereocenters. The van der Waals surface area contributed by atoms with E-state index in [1.807, 2.05) is 0 Å². The predicted octanol–water partition coefficient (Wildman–Crippen LogP) is 1.25. The van der Waals surface area contributed by atoms with Crippen LogP contribution in [-0.2, 0) is 9.53 Å². The van der Waals surface area contributed by atoms with Gasteiger partial charge in [-0.2, -0.15) is 0 Å². The van der Waals surface area contributed by atoms with E-state index < -0.39 is 5.97 Å². The number of carbonyl (C=O) groups is 1. The third kappa shape index (κ3) is 4.62. The molecule has 4 heteroatoms. The van der Waals surface area contributed by atoms with E-state index in [0.29, 0.717) is 24.6 Å². The Morgan fingerprint density at radius 3 is 2.93 bits per heavy atom. The van der Waals surface area contributed by atoms with Crippen LogP contribution in [0.25, 0.3) is 0 Å². The topological polar surface area (TPSA) is 58.6 Å². The SMILES string of the molecule is CC(C)C1CC(NCCC(=O)O)CCO1. The molecule has 1 saturated heterocycles. The first-order chi connectivity index (χ1) is 7.09. The van der Waals surface area contributed by atoms with Crippen LogP contribution in [0.2, 0.25) is 0 Å². The van der Waals surface area contributed by atoms with E-state index in [4.69, 9.17) is 9.84 Å². The molecule has 1 rings (SSSR count). The summed E-state index contributed by atoms with van der Waals surface area (Å²) in [6.07, 6.45) is 2.50. The molecular formula is C11H21NO3. The van der Waals surface area contributed by atoms with Crippen LogP contribution in [0, 0.1) is 5.92 Å². The van der Waals surface area contributed by atoms with Crippen LogP contribution in [0.5, 0.6) is 0 Å². The van der Waals surface area contributed by atoms with E-state index in [1.54, 1.807) is 0 Å². The Labute approximate surface area is 91.0 Å². The molecule has 0 amide bonds. The van der Waals surface area contributed by atoms with Gasteiger partial charge in [-0.1, -0.05) is 13.8 Å². The zero-order valence-corrected chi connectivity index (χ0v) is 9.53. The Morgan fingerprint density at radius 2 is 2.33 bits per heavy atom. The molecule has 0 aromatic rings. The van der Waals surface area contributed by atoms with E-state index in [9.17, 15) is 4.79 Å². The van der Waals surface area contributed by atoms with Crippen LogP contribution < -0.4 is 5.32 Å². The van der Waals surface area contributed by atoms with Crippen molar-refractivity contribution in [3.05, 3.63) is 0 Å². The molecule has 0 spiro atoms. The minimum atomic E-state index is -0.741. The van der Waals surface area contributed by atoms with Gasteiger partial charge in [0.25, 0.3) is 0 Å². The van der Waals surface area contributed by atoms with Crippen LogP contribution in [0.3, 0.4) is 0 Å². The molecule has 15 heavy (non-hydrogen) atoms. The summed E-state index contributed by atoms with van der Waals surface area (Å²) in [5.41, 5.74) is 0. The van der Waals surface area contributed by atoms with E-state index in [2.05, 4.69) is 19.2 Å². The highest BCUT2D eigenvalue weighted by Gasteiger charge is 2.24. The molecule has 2 unspecified atom stereocenters. The lowest BCUT2D eigenvalue weighted by Gasteiger charge is -2.32. The minimum absolute atomic E-state index is 0.198. The Balaban J connectivity index is 2.21. The Kier molecular flexibility index (Phi) is 5.05. The van der Waals surface area contributed by atoms with E-state index >= 15 is 0 Å². The van der Waals surface area contributed by atoms with Gasteiger partial charge in [-0.05, 0) is 18.8 Å². The van der Waals surface area contributed by atoms with Gasteiger partial charge in [-0.3, -0.25) is 4.79 Å². The number of carboxylic acid groups (broad SMARTS) is 1. The van der Waals surface area contributed by atoms with Gasteiger partial charge in [0.1, 0.15) is 0 Å². The summed E-state index contributed by atoms with van der Waals surface area (Å²) in [4.78, 5) is 10.3. The van der Waals surface area contributed by atoms with Crippen molar-refractivity contribution in [2.24, 2.45) is 5.92 Å². The van der Waals surface area contributed by atoms with Gasteiger partial charge in [-0.25, -0.2) is 0 Å². The standard InChI is InChI=1S/C11H21NO3/c1-8(2)10-7-9(4-6-15-10)12-5-3-11(13)14/h8-10,12H,3-7H2,1-2H3,(H,13,14). The summed E-state index contributed by atoms with van der Waals surface area (Å²) in [6.45, 7) is 5.66. The van der Waals surface area contributed by atoms with Gasteiger partial charge < -0.3 is 15.2 Å². The molecule has 4 nitrogen and oxygen atoms in total. The number of ether oxygens (including phenoxy) is 1. The fourth-order valence-corrected chi connectivity index (χ4v) is 1.86. The second-order valence-corrected chi connectivity index (χ2v) is 4.47. The van der Waals surface area contributed by atoms with Crippen molar-refractivity contribution in [1.29, 1.82) is 0 Å². The Morgan fingerprint density at radius 1 is 1.60 bits per heavy atom. The second-order valence-electron chi connectivity index (χ2n) is 4.47. The van der Waals surface area contributed by atoms with Gasteiger partial charge in [0.05, 0.1) is 12.5 Å². The first-order valence-electron chi connectivity index (χ1n) is 5.66. The first-order valence-corrected chi connectivity index (χ1v) is 5.66. The van der Waals surface area contributed by atoms with E-state index in [1.165, 1.54) is 0 Å². The van der Waals surface area contributed by atoms with Crippen LogP contribution in [0.1, 0.15) is 33.1 Å². The summed E-state index contributed by atoms with van der Waals surface area (Å²) in [7, 11) is 0. The van der Waals surface area contributed by atoms with Crippen molar-refractivity contribution in [1.82, 2.24) is 5.32 Å². The number of carboxylic acids is 1. The second kappa shape index (κ2) is 6.08. The fraction of sp³-hybridized carbons (Fsp3) is 0.909. The molecule has 1 heterocycles. The lowest BCUT2D eigenvalue weighted by atomic mass is 9.95. The average Bonchev–Trinajstić information content (AvgIpc) is 2.17. The average molecular weight is 215 g/mol. The molecule has 2 N–H and O–H groups in total. The fourth-order valence-electron chi connectivity index (χ4n) is 1.86. The normalized spacial score (nSPS) is 26.9. The lowest BCUT2D eigenvalue weighted by molar-refractivity contribution is -0.136. The van der Waals surface area contributed by atoms with Gasteiger partial charge >= 0.3 is 5.97 Å². The molecule has 0 bridgehead atoms. The van der Waals surface area contributed by atoms with Crippen molar-refractivity contribution < 1.29 is 14.6 Å². The third-order valence-electron chi connectivity index (χ3n) is 2.83. The molecule has 0 aromatic carbocycles. The van der Waals surface area contributed by atoms with Crippen LogP contribution in [0.4, 0.5) is 0 Å². The molecule has 0 aromatic heterocycles. The molecule has 0 aliphatic carbocycles. The lowest BCUT2D eigenvalue weighted by Crippen LogP contribution is -2.41. The maximum atomic E-state index is 10.3. The summed E-state index contributed by atoms with van der Waals surface area (Å²) in [5, 5.41) is 11.8. The van der Waals surface area contributed by atoms with Crippen molar-refractivity contribution in [2.45, 2.75) is 45.3 Å². The van der Waals surface area contributed by atoms with Crippen molar-refractivity contribution in [3.63, 3.8) is 0 Å². The summed E-state index contributed by atoms with van der Waals surface area (Å²) < 4.78 is 5.64. The highest BCUT2D eigenvalue weighted by atomic mass is 16.5. The van der Waals surface area contributed by atoms with E-state index in [0.717, 1.165) is 19.4 Å². The Bertz CT molecular complexity index is 206. The molecular weight excluding hydrogens is 194 g/mol. The number of aliphatic carboxylic acids is 1. The minimum Gasteiger partial charge on any atom is -0.481 e. The summed E-state index contributed by atoms with van der Waals surface area (Å²) in [6, 6.07) is 0.422. The number of hydrogen-bond acceptors (Lipinski definition) is 3. The smallest absolute Gasteiger partial charge is 0.304 e. The van der Waals surface area contributed by atoms with E-state index in [-0.39, 0.29) is 6.42 Å². The van der Waals surface area contributed by atoms with Crippen molar-refractivity contribution in [3.8, 4) is 0 Å². The van der Waals surface area contributed by atoms with Crippen LogP contribution in [0.15, 0.2) is 0 Å². The van der Waals surface area contributed by atoms with Crippen molar-refractivity contribution >= 4 is 5.97 Å². The molecule has 88 valence electrons. The van der Waals surface area contributed by atoms with Crippen LogP contribution in [-0.4, -0.2) is 36.4 Å². The van der Waals surface area contributed by atoms with Crippen molar-refractivity contribution in [2.75, 3.05) is 13.2 Å². The highest BCUT2D eigenvalue weighted by Crippen LogP contribution is 2.19. The maximum Gasteiger partial charge on any atom is 0.304 e. The largest absolute Gasteiger partial charge is 0.481 e. The van der Waals surface area contributed by atoms with Gasteiger partial charge in [0.2, 0.25) is 0 Å². The molecule has 0 saturated carbocycles. The van der Waals surface area contributed by atoms with Gasteiger partial charge in [-0.15, -0.1) is 0 Å². The zero-order chi connectivity index (χ0) is 11.3. The van der Waals surface area contributed by atoms with Crippen LogP contribution >= 0.6 is 0 Å². The van der Waals surface area contributed by atoms with Gasteiger partial charge in [0.15, 0.2) is 0 Å². The number of nitrogens with one attached hydrogen (secondary N) is 1. The molecule has 0 radical (unpaired) electrons. The van der Waals surface area contributed by atoms with Gasteiger partial charge in [0, 0.05) is 19.2 Å². The summed E-state index contributed by atoms with van der Waals surface area (Å²) in [5.74, 6) is -0.205. The molecule has 1 aliphatic heterocycles. The molecule has 1 aliphatic rings. The number of hydrogen-bond donors (Lipinski definition) is 2. The first kappa shape index (κ1) is 12.5. The predicted molar refractivity (Wildman–Crippen MR) is 57.9 cm³/mol. The highest BCUT2D eigenvalue weighted by molar-refractivity contribution is 5.66. The zero-order valence-electron chi connectivity index (χ0n) is 9.53. The summed E-state index contributed by atoms with van der Waals surface area (Å²) >= 11 is 0. The Hall–Kier alpha value is -0.610. The maximum absolute atomic E-state index is 10.3. The third-order valence-corrected chi connectivity index (χ3v) is 2.83. The monoisotopic (exact) mass is 215 g/mol. The number of rotatable bonds is 5.